The van der Waals surface area contributed by atoms with Gasteiger partial charge in [0.1, 0.15) is 11.6 Å². The van der Waals surface area contributed by atoms with Crippen molar-refractivity contribution in [2.45, 2.75) is 19.9 Å². The summed E-state index contributed by atoms with van der Waals surface area (Å²) in [7, 11) is 3.67. The number of hydrogen-bond acceptors (Lipinski definition) is 5. The Hall–Kier alpha value is -2.56. The first kappa shape index (κ1) is 26.7. The Bertz CT molecular complexity index is 870. The first-order valence-corrected chi connectivity index (χ1v) is 11.2. The minimum absolute atomic E-state index is 0. The van der Waals surface area contributed by atoms with Crippen LogP contribution in [0, 0.1) is 0 Å². The van der Waals surface area contributed by atoms with E-state index in [1.165, 1.54) is 5.56 Å². The Morgan fingerprint density at radius 3 is 2.48 bits per heavy atom. The molecular formula is C24H35IN6O2. The van der Waals surface area contributed by atoms with Gasteiger partial charge in [0.15, 0.2) is 5.96 Å². The number of aromatic nitrogens is 1. The first-order chi connectivity index (χ1) is 15.6. The van der Waals surface area contributed by atoms with Crippen LogP contribution in [0.15, 0.2) is 53.7 Å². The minimum Gasteiger partial charge on any atom is -0.497 e. The van der Waals surface area contributed by atoms with Crippen LogP contribution in [0.5, 0.6) is 5.75 Å². The maximum Gasteiger partial charge on any atom is 0.224 e. The zero-order valence-electron chi connectivity index (χ0n) is 19.7. The van der Waals surface area contributed by atoms with Crippen LogP contribution < -0.4 is 15.0 Å². The average molecular weight is 566 g/mol. The van der Waals surface area contributed by atoms with Crippen LogP contribution in [0.1, 0.15) is 18.9 Å². The molecular weight excluding hydrogens is 531 g/mol. The van der Waals surface area contributed by atoms with E-state index in [0.717, 1.165) is 56.8 Å². The maximum atomic E-state index is 12.7. The van der Waals surface area contributed by atoms with Gasteiger partial charge >= 0.3 is 0 Å². The zero-order chi connectivity index (χ0) is 22.8. The second-order valence-electron chi connectivity index (χ2n) is 7.75. The van der Waals surface area contributed by atoms with E-state index in [-0.39, 0.29) is 29.9 Å². The molecule has 0 saturated carbocycles. The molecule has 1 amide bonds. The summed E-state index contributed by atoms with van der Waals surface area (Å²) >= 11 is 0. The molecule has 2 heterocycles. The molecule has 0 unspecified atom stereocenters. The van der Waals surface area contributed by atoms with Crippen LogP contribution in [0.4, 0.5) is 5.82 Å². The zero-order valence-corrected chi connectivity index (χ0v) is 22.1. The Balaban J connectivity index is 0.00000385. The Kier molecular flexibility index (Phi) is 11.2. The quantitative estimate of drug-likeness (QED) is 0.301. The first-order valence-electron chi connectivity index (χ1n) is 11.2. The lowest BCUT2D eigenvalue weighted by Crippen LogP contribution is -2.49. The standard InChI is InChI=1S/C24H34N6O2.HI/c1-4-25-24(28(2)19-20-8-10-21(32-3)11-9-20)27-14-12-23(31)30-17-15-29(16-18-30)22-7-5-6-13-26-22;/h5-11,13H,4,12,14-19H2,1-3H3,(H,25,27);1H. The summed E-state index contributed by atoms with van der Waals surface area (Å²) in [5.74, 6) is 2.77. The highest BCUT2D eigenvalue weighted by Gasteiger charge is 2.21. The van der Waals surface area contributed by atoms with Crippen molar-refractivity contribution >= 4 is 41.7 Å². The van der Waals surface area contributed by atoms with Gasteiger partial charge < -0.3 is 24.8 Å². The summed E-state index contributed by atoms with van der Waals surface area (Å²) in [6.45, 7) is 7.05. The minimum atomic E-state index is 0. The number of halogens is 1. The van der Waals surface area contributed by atoms with Crippen molar-refractivity contribution in [2.24, 2.45) is 4.99 Å². The molecule has 1 fully saturated rings. The van der Waals surface area contributed by atoms with E-state index in [2.05, 4.69) is 25.1 Å². The smallest absolute Gasteiger partial charge is 0.224 e. The Labute approximate surface area is 214 Å². The van der Waals surface area contributed by atoms with E-state index in [1.807, 2.05) is 61.3 Å². The summed E-state index contributed by atoms with van der Waals surface area (Å²) < 4.78 is 5.22. The Morgan fingerprint density at radius 2 is 1.88 bits per heavy atom. The van der Waals surface area contributed by atoms with E-state index in [0.29, 0.717) is 13.0 Å². The predicted octanol–water partition coefficient (Wildman–Crippen LogP) is 2.84. The number of amides is 1. The third-order valence-electron chi connectivity index (χ3n) is 5.47. The predicted molar refractivity (Wildman–Crippen MR) is 144 cm³/mol. The van der Waals surface area contributed by atoms with Crippen molar-refractivity contribution in [1.29, 1.82) is 0 Å². The van der Waals surface area contributed by atoms with E-state index >= 15 is 0 Å². The van der Waals surface area contributed by atoms with Crippen molar-refractivity contribution in [3.63, 3.8) is 0 Å². The van der Waals surface area contributed by atoms with Crippen molar-refractivity contribution in [3.8, 4) is 5.75 Å². The van der Waals surface area contributed by atoms with Gasteiger partial charge in [-0.1, -0.05) is 18.2 Å². The second kappa shape index (κ2) is 13.9. The van der Waals surface area contributed by atoms with E-state index in [1.54, 1.807) is 13.3 Å². The lowest BCUT2D eigenvalue weighted by Gasteiger charge is -2.35. The summed E-state index contributed by atoms with van der Waals surface area (Å²) in [6.07, 6.45) is 2.22. The lowest BCUT2D eigenvalue weighted by molar-refractivity contribution is -0.131. The summed E-state index contributed by atoms with van der Waals surface area (Å²) in [5, 5.41) is 3.32. The van der Waals surface area contributed by atoms with Gasteiger partial charge in [0, 0.05) is 58.9 Å². The van der Waals surface area contributed by atoms with Gasteiger partial charge in [0.25, 0.3) is 0 Å². The number of benzene rings is 1. The monoisotopic (exact) mass is 566 g/mol. The molecule has 0 aliphatic carbocycles. The number of carbonyl (C=O) groups excluding carboxylic acids is 1. The molecule has 3 rings (SSSR count). The third kappa shape index (κ3) is 8.06. The number of anilines is 1. The van der Waals surface area contributed by atoms with E-state index in [4.69, 9.17) is 4.74 Å². The van der Waals surface area contributed by atoms with E-state index in [9.17, 15) is 4.79 Å². The SMILES string of the molecule is CCNC(=NCCC(=O)N1CCN(c2ccccn2)CC1)N(C)Cc1ccc(OC)cc1.I. The molecule has 8 nitrogen and oxygen atoms in total. The largest absolute Gasteiger partial charge is 0.497 e. The molecule has 1 N–H and O–H groups in total. The average Bonchev–Trinajstić information content (AvgIpc) is 2.84. The molecule has 1 aliphatic heterocycles. The molecule has 1 aliphatic rings. The number of piperazine rings is 1. The molecule has 1 saturated heterocycles. The second-order valence-corrected chi connectivity index (χ2v) is 7.75. The molecule has 0 bridgehead atoms. The highest BCUT2D eigenvalue weighted by atomic mass is 127. The molecule has 0 atom stereocenters. The maximum absolute atomic E-state index is 12.7. The molecule has 33 heavy (non-hydrogen) atoms. The summed E-state index contributed by atoms with van der Waals surface area (Å²) in [6, 6.07) is 13.9. The lowest BCUT2D eigenvalue weighted by atomic mass is 10.2. The number of nitrogens with one attached hydrogen (secondary N) is 1. The number of nitrogens with zero attached hydrogens (tertiary/aromatic N) is 5. The number of methoxy groups -OCH3 is 1. The van der Waals surface area contributed by atoms with Crippen molar-refractivity contribution in [1.82, 2.24) is 20.1 Å². The number of rotatable bonds is 8. The van der Waals surface area contributed by atoms with Crippen LogP contribution in [-0.4, -0.2) is 80.1 Å². The number of ether oxygens (including phenoxy) is 1. The molecule has 0 spiro atoms. The van der Waals surface area contributed by atoms with Crippen molar-refractivity contribution in [2.75, 3.05) is 58.3 Å². The van der Waals surface area contributed by atoms with Crippen molar-refractivity contribution < 1.29 is 9.53 Å². The normalized spacial score (nSPS) is 13.8. The van der Waals surface area contributed by atoms with Crippen LogP contribution in [-0.2, 0) is 11.3 Å². The topological polar surface area (TPSA) is 73.3 Å². The number of carbonyl (C=O) groups is 1. The van der Waals surface area contributed by atoms with Crippen molar-refractivity contribution in [3.05, 3.63) is 54.2 Å². The van der Waals surface area contributed by atoms with Gasteiger partial charge in [-0.15, -0.1) is 24.0 Å². The third-order valence-corrected chi connectivity index (χ3v) is 5.47. The van der Waals surface area contributed by atoms with E-state index < -0.39 is 0 Å². The summed E-state index contributed by atoms with van der Waals surface area (Å²) in [4.78, 5) is 28.0. The number of hydrogen-bond donors (Lipinski definition) is 1. The Morgan fingerprint density at radius 1 is 1.15 bits per heavy atom. The highest BCUT2D eigenvalue weighted by molar-refractivity contribution is 14.0. The van der Waals surface area contributed by atoms with Crippen LogP contribution in [0.3, 0.4) is 0 Å². The van der Waals surface area contributed by atoms with Crippen LogP contribution >= 0.6 is 24.0 Å². The number of pyridine rings is 1. The highest BCUT2D eigenvalue weighted by Crippen LogP contribution is 2.14. The number of guanidine groups is 1. The van der Waals surface area contributed by atoms with Gasteiger partial charge in [0.05, 0.1) is 13.7 Å². The van der Waals surface area contributed by atoms with Gasteiger partial charge in [-0.3, -0.25) is 9.79 Å². The van der Waals surface area contributed by atoms with Crippen LogP contribution in [0.25, 0.3) is 0 Å². The van der Waals surface area contributed by atoms with Gasteiger partial charge in [0.2, 0.25) is 5.91 Å². The molecule has 1 aromatic heterocycles. The van der Waals surface area contributed by atoms with Gasteiger partial charge in [-0.05, 0) is 36.8 Å². The molecule has 0 radical (unpaired) electrons. The van der Waals surface area contributed by atoms with Crippen LogP contribution in [0.2, 0.25) is 0 Å². The fraction of sp³-hybridized carbons (Fsp3) is 0.458. The molecule has 180 valence electrons. The molecule has 2 aromatic rings. The van der Waals surface area contributed by atoms with Gasteiger partial charge in [-0.25, -0.2) is 4.98 Å². The number of aliphatic imine (C=N–C) groups is 1. The summed E-state index contributed by atoms with van der Waals surface area (Å²) in [5.41, 5.74) is 1.17. The fourth-order valence-corrected chi connectivity index (χ4v) is 3.69. The van der Waals surface area contributed by atoms with Gasteiger partial charge in [-0.2, -0.15) is 0 Å². The fourth-order valence-electron chi connectivity index (χ4n) is 3.69. The molecule has 9 heteroatoms. The molecule has 1 aromatic carbocycles.